The van der Waals surface area contributed by atoms with Crippen molar-refractivity contribution in [3.8, 4) is 5.75 Å². The van der Waals surface area contributed by atoms with Gasteiger partial charge in [-0.1, -0.05) is 29.3 Å². The van der Waals surface area contributed by atoms with E-state index in [4.69, 9.17) is 32.7 Å². The molecular formula is C26H18Br2Cl2N2O4S. The number of methoxy groups -OCH3 is 1. The Kier molecular flexibility index (Phi) is 9.03. The van der Waals surface area contributed by atoms with Crippen molar-refractivity contribution in [1.82, 2.24) is 4.90 Å². The molecule has 1 heterocycles. The van der Waals surface area contributed by atoms with Gasteiger partial charge in [-0.2, -0.15) is 0 Å². The predicted molar refractivity (Wildman–Crippen MR) is 156 cm³/mol. The minimum absolute atomic E-state index is 0.165. The summed E-state index contributed by atoms with van der Waals surface area (Å²) in [7, 11) is 3.00. The SMILES string of the molecule is COC(=O)c1ccc(N=C2SC(=Cc3cc(Br)c(OCc4ccc(Cl)c(Cl)c4)c(Br)c3)C(=O)N2C)cc1. The number of aliphatic imine (C=N–C) groups is 1. The Morgan fingerprint density at radius 1 is 1.05 bits per heavy atom. The molecule has 0 N–H and O–H groups in total. The number of amidine groups is 1. The molecule has 1 fully saturated rings. The summed E-state index contributed by atoms with van der Waals surface area (Å²) < 4.78 is 12.1. The van der Waals surface area contributed by atoms with Gasteiger partial charge >= 0.3 is 5.97 Å². The van der Waals surface area contributed by atoms with E-state index in [0.29, 0.717) is 43.7 Å². The fourth-order valence-electron chi connectivity index (χ4n) is 3.29. The van der Waals surface area contributed by atoms with Crippen LogP contribution in [0.4, 0.5) is 5.69 Å². The van der Waals surface area contributed by atoms with E-state index in [1.54, 1.807) is 49.5 Å². The van der Waals surface area contributed by atoms with Crippen LogP contribution in [-0.2, 0) is 16.1 Å². The fraction of sp³-hybridized carbons (Fsp3) is 0.115. The normalized spacial score (nSPS) is 15.5. The van der Waals surface area contributed by atoms with E-state index >= 15 is 0 Å². The molecule has 1 amide bonds. The quantitative estimate of drug-likeness (QED) is 0.194. The molecule has 11 heteroatoms. The van der Waals surface area contributed by atoms with E-state index in [2.05, 4.69) is 36.9 Å². The number of thioether (sulfide) groups is 1. The van der Waals surface area contributed by atoms with Gasteiger partial charge in [-0.25, -0.2) is 9.79 Å². The monoisotopic (exact) mass is 682 g/mol. The second-order valence-corrected chi connectivity index (χ2v) is 11.3. The van der Waals surface area contributed by atoms with E-state index in [-0.39, 0.29) is 5.91 Å². The fourth-order valence-corrected chi connectivity index (χ4v) is 6.05. The number of halogens is 4. The molecule has 0 saturated carbocycles. The molecule has 190 valence electrons. The van der Waals surface area contributed by atoms with Crippen LogP contribution in [0.1, 0.15) is 21.5 Å². The zero-order valence-electron chi connectivity index (χ0n) is 19.4. The Balaban J connectivity index is 1.51. The van der Waals surface area contributed by atoms with Crippen molar-refractivity contribution >= 4 is 95.6 Å². The van der Waals surface area contributed by atoms with Gasteiger partial charge in [-0.3, -0.25) is 9.69 Å². The first-order valence-corrected chi connectivity index (χ1v) is 13.8. The summed E-state index contributed by atoms with van der Waals surface area (Å²) in [6.45, 7) is 0.300. The first kappa shape index (κ1) is 27.7. The predicted octanol–water partition coefficient (Wildman–Crippen LogP) is 8.12. The van der Waals surface area contributed by atoms with Crippen molar-refractivity contribution in [2.75, 3.05) is 14.2 Å². The highest BCUT2D eigenvalue weighted by atomic mass is 79.9. The van der Waals surface area contributed by atoms with Gasteiger partial charge in [-0.05, 0) is 109 Å². The van der Waals surface area contributed by atoms with E-state index in [9.17, 15) is 9.59 Å². The van der Waals surface area contributed by atoms with Crippen LogP contribution >= 0.6 is 66.8 Å². The van der Waals surface area contributed by atoms with Gasteiger partial charge in [0.2, 0.25) is 0 Å². The third-order valence-electron chi connectivity index (χ3n) is 5.20. The standard InChI is InChI=1S/C26H18Br2Cl2N2O4S/c1-32-24(33)22(37-26(32)31-17-6-4-16(5-7-17)25(34)35-2)12-15-9-18(27)23(19(28)10-15)36-13-14-3-8-20(29)21(30)11-14/h3-12H,13H2,1-2H3. The van der Waals surface area contributed by atoms with Crippen molar-refractivity contribution in [3.05, 3.63) is 95.2 Å². The van der Waals surface area contributed by atoms with Crippen LogP contribution in [-0.4, -0.2) is 36.1 Å². The average Bonchev–Trinajstić information content (AvgIpc) is 3.13. The van der Waals surface area contributed by atoms with E-state index < -0.39 is 5.97 Å². The zero-order valence-corrected chi connectivity index (χ0v) is 24.9. The summed E-state index contributed by atoms with van der Waals surface area (Å²) >= 11 is 20.5. The van der Waals surface area contributed by atoms with Crippen molar-refractivity contribution in [2.45, 2.75) is 6.61 Å². The minimum Gasteiger partial charge on any atom is -0.487 e. The summed E-state index contributed by atoms with van der Waals surface area (Å²) in [6, 6.07) is 15.7. The van der Waals surface area contributed by atoms with Crippen LogP contribution in [0.25, 0.3) is 6.08 Å². The van der Waals surface area contributed by atoms with Crippen molar-refractivity contribution < 1.29 is 19.1 Å². The number of carbonyl (C=O) groups excluding carboxylic acids is 2. The summed E-state index contributed by atoms with van der Waals surface area (Å²) in [5.74, 6) is 0.0330. The van der Waals surface area contributed by atoms with Gasteiger partial charge < -0.3 is 9.47 Å². The van der Waals surface area contributed by atoms with Gasteiger partial charge in [0.15, 0.2) is 5.17 Å². The number of ether oxygens (including phenoxy) is 2. The average molecular weight is 685 g/mol. The number of nitrogens with zero attached hydrogens (tertiary/aromatic N) is 2. The summed E-state index contributed by atoms with van der Waals surface area (Å²) in [4.78, 5) is 31.1. The molecule has 6 nitrogen and oxygen atoms in total. The van der Waals surface area contributed by atoms with Gasteiger partial charge in [0.25, 0.3) is 5.91 Å². The lowest BCUT2D eigenvalue weighted by molar-refractivity contribution is -0.121. The minimum atomic E-state index is -0.421. The largest absolute Gasteiger partial charge is 0.487 e. The Hall–Kier alpha value is -2.30. The lowest BCUT2D eigenvalue weighted by Gasteiger charge is -2.12. The number of hydrogen-bond donors (Lipinski definition) is 0. The number of amides is 1. The second-order valence-electron chi connectivity index (χ2n) is 7.76. The number of esters is 1. The Morgan fingerprint density at radius 3 is 2.35 bits per heavy atom. The molecular weight excluding hydrogens is 667 g/mol. The van der Waals surface area contributed by atoms with Crippen LogP contribution in [0.15, 0.2) is 73.4 Å². The zero-order chi connectivity index (χ0) is 26.7. The summed E-state index contributed by atoms with van der Waals surface area (Å²) in [6.07, 6.45) is 1.80. The third-order valence-corrected chi connectivity index (χ3v) is 8.18. The number of benzene rings is 3. The molecule has 3 aromatic carbocycles. The maximum absolute atomic E-state index is 12.9. The lowest BCUT2D eigenvalue weighted by Crippen LogP contribution is -2.23. The molecule has 0 spiro atoms. The summed E-state index contributed by atoms with van der Waals surface area (Å²) in [5, 5.41) is 1.48. The first-order valence-electron chi connectivity index (χ1n) is 10.7. The first-order chi connectivity index (χ1) is 17.7. The molecule has 37 heavy (non-hydrogen) atoms. The highest BCUT2D eigenvalue weighted by molar-refractivity contribution is 9.11. The number of hydrogen-bond acceptors (Lipinski definition) is 6. The van der Waals surface area contributed by atoms with Gasteiger partial charge in [0, 0.05) is 7.05 Å². The molecule has 3 aromatic rings. The Morgan fingerprint density at radius 2 is 1.73 bits per heavy atom. The summed E-state index contributed by atoms with van der Waals surface area (Å²) in [5.41, 5.74) is 2.72. The third kappa shape index (κ3) is 6.59. The number of rotatable bonds is 6. The number of carbonyl (C=O) groups is 2. The van der Waals surface area contributed by atoms with Crippen LogP contribution < -0.4 is 4.74 Å². The molecule has 0 aromatic heterocycles. The van der Waals surface area contributed by atoms with Gasteiger partial charge in [0.05, 0.1) is 42.3 Å². The highest BCUT2D eigenvalue weighted by Gasteiger charge is 2.30. The molecule has 0 atom stereocenters. The van der Waals surface area contributed by atoms with E-state index in [1.165, 1.54) is 23.8 Å². The maximum atomic E-state index is 12.9. The van der Waals surface area contributed by atoms with Crippen LogP contribution in [0.3, 0.4) is 0 Å². The van der Waals surface area contributed by atoms with Crippen molar-refractivity contribution in [1.29, 1.82) is 0 Å². The second kappa shape index (κ2) is 12.0. The molecule has 0 unspecified atom stereocenters. The van der Waals surface area contributed by atoms with E-state index in [1.807, 2.05) is 18.2 Å². The molecule has 1 aliphatic rings. The van der Waals surface area contributed by atoms with Crippen molar-refractivity contribution in [2.24, 2.45) is 4.99 Å². The van der Waals surface area contributed by atoms with Crippen LogP contribution in [0.2, 0.25) is 10.0 Å². The maximum Gasteiger partial charge on any atom is 0.337 e. The molecule has 1 saturated heterocycles. The molecule has 0 bridgehead atoms. The van der Waals surface area contributed by atoms with Crippen LogP contribution in [0, 0.1) is 0 Å². The van der Waals surface area contributed by atoms with E-state index in [0.717, 1.165) is 20.1 Å². The topological polar surface area (TPSA) is 68.2 Å². The van der Waals surface area contributed by atoms with Gasteiger partial charge in [0.1, 0.15) is 12.4 Å². The smallest absolute Gasteiger partial charge is 0.337 e. The number of likely N-dealkylation sites (N-methyl/N-ethyl adjacent to an activating group) is 1. The Bertz CT molecular complexity index is 1420. The van der Waals surface area contributed by atoms with Gasteiger partial charge in [-0.15, -0.1) is 0 Å². The molecule has 4 rings (SSSR count). The highest BCUT2D eigenvalue weighted by Crippen LogP contribution is 2.38. The molecule has 0 radical (unpaired) electrons. The van der Waals surface area contributed by atoms with Crippen LogP contribution in [0.5, 0.6) is 5.75 Å². The molecule has 1 aliphatic heterocycles. The Labute approximate surface area is 244 Å². The van der Waals surface area contributed by atoms with Crippen molar-refractivity contribution in [3.63, 3.8) is 0 Å². The molecule has 0 aliphatic carbocycles. The lowest BCUT2D eigenvalue weighted by atomic mass is 10.2.